The number of benzene rings is 1. The number of amides is 2. The van der Waals surface area contributed by atoms with Crippen molar-refractivity contribution in [2.24, 2.45) is 5.92 Å². The van der Waals surface area contributed by atoms with Crippen molar-refractivity contribution in [3.05, 3.63) is 62.7 Å². The zero-order valence-corrected chi connectivity index (χ0v) is 14.4. The Morgan fingerprint density at radius 3 is 2.68 bits per heavy atom. The van der Waals surface area contributed by atoms with E-state index in [2.05, 4.69) is 31.5 Å². The van der Waals surface area contributed by atoms with Crippen LogP contribution < -0.4 is 10.6 Å². The highest BCUT2D eigenvalue weighted by Gasteiger charge is 2.53. The number of hydrogen-bond donors (Lipinski definition) is 2. The summed E-state index contributed by atoms with van der Waals surface area (Å²) in [4.78, 5) is 38.5. The predicted molar refractivity (Wildman–Crippen MR) is 93.9 cm³/mol. The first-order valence-corrected chi connectivity index (χ1v) is 8.20. The zero-order chi connectivity index (χ0) is 18.0. The van der Waals surface area contributed by atoms with Gasteiger partial charge < -0.3 is 10.6 Å². The Morgan fingerprint density at radius 2 is 2.04 bits per heavy atom. The molecule has 1 saturated carbocycles. The minimum absolute atomic E-state index is 0.244. The molecule has 8 nitrogen and oxygen atoms in total. The normalized spacial score (nSPS) is 18.3. The summed E-state index contributed by atoms with van der Waals surface area (Å²) < 4.78 is 0.795. The van der Waals surface area contributed by atoms with Gasteiger partial charge in [0, 0.05) is 33.3 Å². The van der Waals surface area contributed by atoms with Crippen LogP contribution in [0.4, 0.5) is 11.5 Å². The van der Waals surface area contributed by atoms with Crippen molar-refractivity contribution < 1.29 is 14.5 Å². The molecule has 0 spiro atoms. The molecule has 2 amide bonds. The topological polar surface area (TPSA) is 114 Å². The first-order valence-electron chi connectivity index (χ1n) is 7.41. The van der Waals surface area contributed by atoms with E-state index in [0.717, 1.165) is 4.47 Å². The fourth-order valence-corrected chi connectivity index (χ4v) is 2.54. The van der Waals surface area contributed by atoms with Crippen LogP contribution in [0.25, 0.3) is 0 Å². The van der Waals surface area contributed by atoms with Crippen LogP contribution in [-0.2, 0) is 4.79 Å². The maximum Gasteiger partial charge on any atom is 0.256 e. The molecule has 128 valence electrons. The van der Waals surface area contributed by atoms with E-state index in [4.69, 9.17) is 0 Å². The molecule has 2 aromatic rings. The van der Waals surface area contributed by atoms with Crippen LogP contribution in [0.5, 0.6) is 0 Å². The van der Waals surface area contributed by atoms with Gasteiger partial charge in [0.2, 0.25) is 11.9 Å². The highest BCUT2D eigenvalue weighted by atomic mass is 79.9. The monoisotopic (exact) mass is 404 g/mol. The molecule has 3 rings (SSSR count). The molecule has 1 aromatic heterocycles. The van der Waals surface area contributed by atoms with Crippen molar-refractivity contribution in [2.75, 3.05) is 10.6 Å². The van der Waals surface area contributed by atoms with Crippen molar-refractivity contribution in [2.45, 2.75) is 12.5 Å². The van der Waals surface area contributed by atoms with Gasteiger partial charge in [-0.3, -0.25) is 19.7 Å². The lowest BCUT2D eigenvalue weighted by molar-refractivity contribution is -0.497. The van der Waals surface area contributed by atoms with Gasteiger partial charge in [-0.1, -0.05) is 6.07 Å². The minimum atomic E-state index is -0.810. The third-order valence-corrected chi connectivity index (χ3v) is 4.19. The van der Waals surface area contributed by atoms with Gasteiger partial charge in [-0.05, 0) is 46.3 Å². The van der Waals surface area contributed by atoms with Crippen molar-refractivity contribution in [1.29, 1.82) is 0 Å². The maximum atomic E-state index is 12.3. The summed E-state index contributed by atoms with van der Waals surface area (Å²) in [5.74, 6) is -0.997. The highest BCUT2D eigenvalue weighted by molar-refractivity contribution is 9.10. The number of anilines is 2. The molecule has 2 unspecified atom stereocenters. The quantitative estimate of drug-likeness (QED) is 0.587. The average Bonchev–Trinajstić information content (AvgIpc) is 3.38. The first-order chi connectivity index (χ1) is 11.9. The van der Waals surface area contributed by atoms with Crippen molar-refractivity contribution in [3.63, 3.8) is 0 Å². The van der Waals surface area contributed by atoms with Gasteiger partial charge in [0.15, 0.2) is 0 Å². The number of pyridine rings is 1. The third kappa shape index (κ3) is 4.18. The lowest BCUT2D eigenvalue weighted by atomic mass is 10.2. The number of nitrogens with one attached hydrogen (secondary N) is 2. The summed E-state index contributed by atoms with van der Waals surface area (Å²) in [5.41, 5.74) is 0.750. The SMILES string of the molecule is O=C(Nc1ccc(Br)cn1)c1cccc(NC(=O)C2CC2[N+](=O)[O-])c1. The van der Waals surface area contributed by atoms with Gasteiger partial charge in [0.25, 0.3) is 5.91 Å². The second kappa shape index (κ2) is 6.98. The fourth-order valence-electron chi connectivity index (χ4n) is 2.31. The highest BCUT2D eigenvalue weighted by Crippen LogP contribution is 2.34. The summed E-state index contributed by atoms with van der Waals surface area (Å²) in [7, 11) is 0. The van der Waals surface area contributed by atoms with Crippen LogP contribution in [0, 0.1) is 16.0 Å². The molecule has 0 bridgehead atoms. The largest absolute Gasteiger partial charge is 0.326 e. The van der Waals surface area contributed by atoms with E-state index in [-0.39, 0.29) is 12.3 Å². The summed E-state index contributed by atoms with van der Waals surface area (Å²) in [5, 5.41) is 15.9. The molecule has 0 saturated heterocycles. The van der Waals surface area contributed by atoms with Crippen molar-refractivity contribution >= 4 is 39.2 Å². The van der Waals surface area contributed by atoms with Crippen molar-refractivity contribution in [1.82, 2.24) is 4.98 Å². The number of aromatic nitrogens is 1. The fraction of sp³-hybridized carbons (Fsp3) is 0.188. The van der Waals surface area contributed by atoms with E-state index in [1.54, 1.807) is 36.5 Å². The number of hydrogen-bond acceptors (Lipinski definition) is 5. The molecule has 2 atom stereocenters. The lowest BCUT2D eigenvalue weighted by Gasteiger charge is -2.07. The van der Waals surface area contributed by atoms with E-state index < -0.39 is 22.8 Å². The van der Waals surface area contributed by atoms with Gasteiger partial charge in [-0.2, -0.15) is 0 Å². The molecule has 9 heteroatoms. The molecule has 1 heterocycles. The Balaban J connectivity index is 1.64. The van der Waals surface area contributed by atoms with Crippen LogP contribution in [0.2, 0.25) is 0 Å². The van der Waals surface area contributed by atoms with Crippen LogP contribution in [0.15, 0.2) is 47.1 Å². The summed E-state index contributed by atoms with van der Waals surface area (Å²) in [6.07, 6.45) is 1.81. The minimum Gasteiger partial charge on any atom is -0.326 e. The van der Waals surface area contributed by atoms with E-state index in [1.807, 2.05) is 0 Å². The zero-order valence-electron chi connectivity index (χ0n) is 12.8. The summed E-state index contributed by atoms with van der Waals surface area (Å²) >= 11 is 3.26. The lowest BCUT2D eigenvalue weighted by Crippen LogP contribution is -2.19. The van der Waals surface area contributed by atoms with E-state index >= 15 is 0 Å². The Labute approximate surface area is 150 Å². The van der Waals surface area contributed by atoms with Gasteiger partial charge in [0.1, 0.15) is 11.7 Å². The molecule has 0 aliphatic heterocycles. The molecule has 25 heavy (non-hydrogen) atoms. The van der Waals surface area contributed by atoms with Crippen LogP contribution in [-0.4, -0.2) is 27.8 Å². The molecular formula is C16H13BrN4O4. The number of halogens is 1. The molecule has 1 aromatic carbocycles. The Morgan fingerprint density at radius 1 is 1.24 bits per heavy atom. The smallest absolute Gasteiger partial charge is 0.256 e. The summed E-state index contributed by atoms with van der Waals surface area (Å²) in [6, 6.07) is 8.94. The Kier molecular flexibility index (Phi) is 4.75. The van der Waals surface area contributed by atoms with Gasteiger partial charge in [-0.25, -0.2) is 4.98 Å². The van der Waals surface area contributed by atoms with E-state index in [9.17, 15) is 19.7 Å². The van der Waals surface area contributed by atoms with Gasteiger partial charge in [0.05, 0.1) is 0 Å². The maximum absolute atomic E-state index is 12.3. The molecule has 2 N–H and O–H groups in total. The number of nitro groups is 1. The number of carbonyl (C=O) groups excluding carboxylic acids is 2. The molecular weight excluding hydrogens is 392 g/mol. The number of nitrogens with zero attached hydrogens (tertiary/aromatic N) is 2. The molecule has 1 fully saturated rings. The molecule has 0 radical (unpaired) electrons. The number of rotatable bonds is 5. The van der Waals surface area contributed by atoms with E-state index in [1.165, 1.54) is 6.07 Å². The average molecular weight is 405 g/mol. The second-order valence-corrected chi connectivity index (χ2v) is 6.50. The van der Waals surface area contributed by atoms with Crippen molar-refractivity contribution in [3.8, 4) is 0 Å². The Hall–Kier alpha value is -2.81. The van der Waals surface area contributed by atoms with Crippen LogP contribution in [0.3, 0.4) is 0 Å². The third-order valence-electron chi connectivity index (χ3n) is 3.73. The second-order valence-electron chi connectivity index (χ2n) is 5.58. The van der Waals surface area contributed by atoms with Crippen LogP contribution in [0.1, 0.15) is 16.8 Å². The Bertz CT molecular complexity index is 840. The van der Waals surface area contributed by atoms with Crippen LogP contribution >= 0.6 is 15.9 Å². The van der Waals surface area contributed by atoms with E-state index in [0.29, 0.717) is 17.1 Å². The molecule has 1 aliphatic carbocycles. The summed E-state index contributed by atoms with van der Waals surface area (Å²) in [6.45, 7) is 0. The van der Waals surface area contributed by atoms with Gasteiger partial charge >= 0.3 is 0 Å². The standard InChI is InChI=1S/C16H13BrN4O4/c17-10-4-5-14(18-8-10)20-15(22)9-2-1-3-11(6-9)19-16(23)12-7-13(12)21(24)25/h1-6,8,12-13H,7H2,(H,19,23)(H,18,20,22). The van der Waals surface area contributed by atoms with Gasteiger partial charge in [-0.15, -0.1) is 0 Å². The molecule has 1 aliphatic rings. The first kappa shape index (κ1) is 17.0. The predicted octanol–water partition coefficient (Wildman–Crippen LogP) is 2.70. The number of carbonyl (C=O) groups is 2.